The summed E-state index contributed by atoms with van der Waals surface area (Å²) in [6, 6.07) is 9.94. The maximum absolute atomic E-state index is 9.08. The molecule has 1 aromatic carbocycles. The molecule has 0 heterocycles. The first-order chi connectivity index (χ1) is 8.72. The van der Waals surface area contributed by atoms with Gasteiger partial charge in [0.15, 0.2) is 5.96 Å². The van der Waals surface area contributed by atoms with E-state index in [9.17, 15) is 0 Å². The second-order valence-corrected chi connectivity index (χ2v) is 4.61. The van der Waals surface area contributed by atoms with Crippen LogP contribution in [0, 0.1) is 11.3 Å². The summed E-state index contributed by atoms with van der Waals surface area (Å²) >= 11 is 0. The average Bonchev–Trinajstić information content (AvgIpc) is 2.90. The van der Waals surface area contributed by atoms with Crippen molar-refractivity contribution < 1.29 is 0 Å². The molecule has 2 rings (SSSR count). The molecule has 2 N–H and O–H groups in total. The van der Waals surface area contributed by atoms with Crippen LogP contribution in [-0.4, -0.2) is 19.0 Å². The minimum absolute atomic E-state index is 0.349. The number of nitrogens with two attached hydrogens (primary N) is 1. The smallest absolute Gasteiger partial charge is 0.195 e. The Balaban J connectivity index is 2.19. The molecule has 0 saturated heterocycles. The fraction of sp³-hybridized carbons (Fsp3) is 0.429. The number of nitriles is 1. The summed E-state index contributed by atoms with van der Waals surface area (Å²) in [5.41, 5.74) is 7.44. The Kier molecular flexibility index (Phi) is 3.83. The number of hydrogen-bond acceptors (Lipinski definition) is 2. The Morgan fingerprint density at radius 2 is 2.06 bits per heavy atom. The Labute approximate surface area is 108 Å². The van der Waals surface area contributed by atoms with E-state index in [1.165, 1.54) is 12.8 Å². The number of para-hydroxylation sites is 1. The average molecular weight is 242 g/mol. The zero-order valence-corrected chi connectivity index (χ0v) is 10.6. The van der Waals surface area contributed by atoms with E-state index in [0.717, 1.165) is 18.5 Å². The van der Waals surface area contributed by atoms with Crippen molar-refractivity contribution in [2.75, 3.05) is 11.9 Å². The third kappa shape index (κ3) is 2.62. The fourth-order valence-electron chi connectivity index (χ4n) is 2.29. The largest absolute Gasteiger partial charge is 0.370 e. The van der Waals surface area contributed by atoms with Gasteiger partial charge >= 0.3 is 0 Å². The molecular weight excluding hydrogens is 224 g/mol. The monoisotopic (exact) mass is 242 g/mol. The van der Waals surface area contributed by atoms with Crippen LogP contribution in [0.2, 0.25) is 0 Å². The number of anilines is 1. The molecule has 1 aromatic rings. The third-order valence-electron chi connectivity index (χ3n) is 3.37. The van der Waals surface area contributed by atoms with E-state index in [-0.39, 0.29) is 0 Å². The van der Waals surface area contributed by atoms with Crippen molar-refractivity contribution in [1.29, 1.82) is 5.26 Å². The maximum Gasteiger partial charge on any atom is 0.195 e. The predicted molar refractivity (Wildman–Crippen MR) is 73.4 cm³/mol. The van der Waals surface area contributed by atoms with Gasteiger partial charge in [0.25, 0.3) is 0 Å². The summed E-state index contributed by atoms with van der Waals surface area (Å²) in [5.74, 6) is 0.490. The molecule has 18 heavy (non-hydrogen) atoms. The lowest BCUT2D eigenvalue weighted by Crippen LogP contribution is -2.35. The number of rotatable bonds is 2. The third-order valence-corrected chi connectivity index (χ3v) is 3.37. The molecule has 0 amide bonds. The lowest BCUT2D eigenvalue weighted by molar-refractivity contribution is 0.703. The molecule has 0 bridgehead atoms. The minimum Gasteiger partial charge on any atom is -0.370 e. The van der Waals surface area contributed by atoms with E-state index < -0.39 is 0 Å². The Bertz CT molecular complexity index is 481. The molecule has 4 heteroatoms. The Morgan fingerprint density at radius 1 is 1.39 bits per heavy atom. The second-order valence-electron chi connectivity index (χ2n) is 4.61. The van der Waals surface area contributed by atoms with Gasteiger partial charge in [-0.05, 0) is 25.0 Å². The second kappa shape index (κ2) is 5.54. The van der Waals surface area contributed by atoms with E-state index in [4.69, 9.17) is 11.0 Å². The van der Waals surface area contributed by atoms with Crippen LogP contribution in [-0.2, 0) is 0 Å². The highest BCUT2D eigenvalue weighted by atomic mass is 15.2. The molecule has 0 unspecified atom stereocenters. The van der Waals surface area contributed by atoms with Gasteiger partial charge in [0.2, 0.25) is 0 Å². The molecule has 1 saturated carbocycles. The normalized spacial score (nSPS) is 16.6. The molecule has 1 fully saturated rings. The zero-order valence-electron chi connectivity index (χ0n) is 10.6. The van der Waals surface area contributed by atoms with Crippen LogP contribution in [0.25, 0.3) is 0 Å². The van der Waals surface area contributed by atoms with Gasteiger partial charge in [-0.1, -0.05) is 25.0 Å². The number of aliphatic imine (C=N–C) groups is 1. The topological polar surface area (TPSA) is 65.4 Å². The van der Waals surface area contributed by atoms with Crippen LogP contribution in [0.4, 0.5) is 5.69 Å². The Hall–Kier alpha value is -2.02. The van der Waals surface area contributed by atoms with E-state index in [1.54, 1.807) is 11.0 Å². The summed E-state index contributed by atoms with van der Waals surface area (Å²) in [5, 5.41) is 9.08. The summed E-state index contributed by atoms with van der Waals surface area (Å²) < 4.78 is 0. The van der Waals surface area contributed by atoms with E-state index >= 15 is 0 Å². The first-order valence-electron chi connectivity index (χ1n) is 6.28. The summed E-state index contributed by atoms with van der Waals surface area (Å²) in [6.45, 7) is 0. The van der Waals surface area contributed by atoms with Crippen LogP contribution in [0.15, 0.2) is 29.3 Å². The van der Waals surface area contributed by atoms with Gasteiger partial charge in [-0.15, -0.1) is 0 Å². The van der Waals surface area contributed by atoms with Gasteiger partial charge < -0.3 is 10.6 Å². The first-order valence-corrected chi connectivity index (χ1v) is 6.28. The zero-order chi connectivity index (χ0) is 13.0. The van der Waals surface area contributed by atoms with Crippen molar-refractivity contribution in [2.45, 2.75) is 31.7 Å². The summed E-state index contributed by atoms with van der Waals surface area (Å²) in [7, 11) is 1.85. The van der Waals surface area contributed by atoms with E-state index in [2.05, 4.69) is 11.1 Å². The highest BCUT2D eigenvalue weighted by Crippen LogP contribution is 2.22. The molecule has 0 atom stereocenters. The van der Waals surface area contributed by atoms with Crippen molar-refractivity contribution in [3.63, 3.8) is 0 Å². The van der Waals surface area contributed by atoms with Crippen molar-refractivity contribution >= 4 is 11.6 Å². The van der Waals surface area contributed by atoms with Gasteiger partial charge in [0, 0.05) is 7.05 Å². The van der Waals surface area contributed by atoms with Crippen LogP contribution >= 0.6 is 0 Å². The summed E-state index contributed by atoms with van der Waals surface area (Å²) in [6.07, 6.45) is 4.71. The van der Waals surface area contributed by atoms with Crippen molar-refractivity contribution in [3.05, 3.63) is 29.8 Å². The molecule has 94 valence electrons. The standard InChI is InChI=1S/C14H18N4/c1-18(13-9-5-2-6-11(13)10-15)14(16)17-12-7-3-4-8-12/h2,5-6,9,12H,3-4,7-8H2,1H3,(H2,16,17). The van der Waals surface area contributed by atoms with Crippen molar-refractivity contribution in [1.82, 2.24) is 0 Å². The van der Waals surface area contributed by atoms with Crippen LogP contribution < -0.4 is 10.6 Å². The lowest BCUT2D eigenvalue weighted by Gasteiger charge is -2.20. The highest BCUT2D eigenvalue weighted by Gasteiger charge is 2.16. The van der Waals surface area contributed by atoms with Gasteiger partial charge in [0.1, 0.15) is 6.07 Å². The summed E-state index contributed by atoms with van der Waals surface area (Å²) in [4.78, 5) is 6.33. The van der Waals surface area contributed by atoms with Gasteiger partial charge in [-0.25, -0.2) is 4.99 Å². The predicted octanol–water partition coefficient (Wildman–Crippen LogP) is 2.25. The van der Waals surface area contributed by atoms with E-state index in [1.807, 2.05) is 25.2 Å². The highest BCUT2D eigenvalue weighted by molar-refractivity contribution is 5.95. The maximum atomic E-state index is 9.08. The van der Waals surface area contributed by atoms with Crippen LogP contribution in [0.3, 0.4) is 0 Å². The molecule has 0 aromatic heterocycles. The molecule has 1 aliphatic rings. The van der Waals surface area contributed by atoms with Gasteiger partial charge in [-0.2, -0.15) is 5.26 Å². The Morgan fingerprint density at radius 3 is 2.72 bits per heavy atom. The molecule has 4 nitrogen and oxygen atoms in total. The van der Waals surface area contributed by atoms with Gasteiger partial charge in [0.05, 0.1) is 17.3 Å². The van der Waals surface area contributed by atoms with Crippen LogP contribution in [0.1, 0.15) is 31.2 Å². The van der Waals surface area contributed by atoms with E-state index in [0.29, 0.717) is 17.6 Å². The molecule has 1 aliphatic carbocycles. The molecule has 0 aliphatic heterocycles. The van der Waals surface area contributed by atoms with Gasteiger partial charge in [-0.3, -0.25) is 0 Å². The molecular formula is C14H18N4. The molecule has 0 radical (unpaired) electrons. The van der Waals surface area contributed by atoms with Crippen molar-refractivity contribution in [2.24, 2.45) is 10.7 Å². The number of benzene rings is 1. The van der Waals surface area contributed by atoms with Crippen molar-refractivity contribution in [3.8, 4) is 6.07 Å². The number of guanidine groups is 1. The molecule has 0 spiro atoms. The first kappa shape index (κ1) is 12.4. The number of nitrogens with zero attached hydrogens (tertiary/aromatic N) is 3. The fourth-order valence-corrected chi connectivity index (χ4v) is 2.29. The minimum atomic E-state index is 0.349. The lowest BCUT2D eigenvalue weighted by atomic mass is 10.2. The SMILES string of the molecule is CN(C(N)=NC1CCCC1)c1ccccc1C#N. The van der Waals surface area contributed by atoms with Crippen LogP contribution in [0.5, 0.6) is 0 Å². The number of hydrogen-bond donors (Lipinski definition) is 1. The quantitative estimate of drug-likeness (QED) is 0.639.